The Morgan fingerprint density at radius 3 is 2.77 bits per heavy atom. The second kappa shape index (κ2) is 7.39. The van der Waals surface area contributed by atoms with E-state index < -0.39 is 0 Å². The summed E-state index contributed by atoms with van der Waals surface area (Å²) in [5.41, 5.74) is 6.30. The van der Waals surface area contributed by atoms with Gasteiger partial charge in [-0.3, -0.25) is 0 Å². The molecule has 1 nitrogen and oxygen atoms in total. The quantitative estimate of drug-likeness (QED) is 0.496. The van der Waals surface area contributed by atoms with Gasteiger partial charge in [0.25, 0.3) is 0 Å². The van der Waals surface area contributed by atoms with Gasteiger partial charge in [0.05, 0.1) is 10.0 Å². The van der Waals surface area contributed by atoms with Crippen molar-refractivity contribution in [2.75, 3.05) is 6.54 Å². The van der Waals surface area contributed by atoms with Crippen molar-refractivity contribution in [2.24, 2.45) is 0 Å². The highest BCUT2D eigenvalue weighted by atomic mass is 35.5. The molecule has 0 saturated heterocycles. The lowest BCUT2D eigenvalue weighted by Crippen LogP contribution is -2.27. The minimum atomic E-state index is 0.310. The maximum Gasteiger partial charge on any atom is 0.0595 e. The van der Waals surface area contributed by atoms with Crippen LogP contribution in [0.5, 0.6) is 0 Å². The molecule has 1 unspecified atom stereocenters. The minimum Gasteiger partial charge on any atom is -0.246 e. The fraction of sp³-hybridized carbons (Fsp3) is 0.455. The summed E-state index contributed by atoms with van der Waals surface area (Å²) in [7, 11) is 0. The summed E-state index contributed by atoms with van der Waals surface area (Å²) in [5, 5.41) is 1.27. The lowest BCUT2D eigenvalue weighted by Gasteiger charge is -2.37. The van der Waals surface area contributed by atoms with Crippen molar-refractivity contribution in [3.05, 3.63) is 68.7 Å². The second-order valence-electron chi connectivity index (χ2n) is 8.17. The van der Waals surface area contributed by atoms with E-state index in [1.165, 1.54) is 30.4 Å². The lowest BCUT2D eigenvalue weighted by atomic mass is 9.67. The largest absolute Gasteiger partial charge is 0.246 e. The number of nitrogens with zero attached hydrogens (tertiary/aromatic N) is 1. The van der Waals surface area contributed by atoms with E-state index in [9.17, 15) is 0 Å². The summed E-state index contributed by atoms with van der Waals surface area (Å²) >= 11 is 14.1. The van der Waals surface area contributed by atoms with Crippen LogP contribution in [0, 0.1) is 0 Å². The molecule has 0 saturated carbocycles. The topological polar surface area (TPSA) is 3.24 Å². The molecule has 1 heterocycles. The van der Waals surface area contributed by atoms with E-state index in [2.05, 4.69) is 42.4 Å². The lowest BCUT2D eigenvalue weighted by molar-refractivity contribution is 0.373. The second-order valence-corrected chi connectivity index (χ2v) is 10.0. The van der Waals surface area contributed by atoms with Gasteiger partial charge in [0.15, 0.2) is 0 Å². The van der Waals surface area contributed by atoms with E-state index in [1.807, 2.05) is 24.1 Å². The van der Waals surface area contributed by atoms with Crippen LogP contribution in [0.4, 0.5) is 0 Å². The van der Waals surface area contributed by atoms with E-state index in [0.717, 1.165) is 24.8 Å². The first kappa shape index (κ1) is 18.7. The standard InChI is InChI=1S/C22H25Cl2NS/c1-22(2)10-8-16-9-11-25(13-17-4-3-5-18(22)21(16)17)26-14-15-6-7-19(23)20(24)12-15/h3-7,12,16H,8-11,13-14H2,1-2H3. The molecule has 0 amide bonds. The summed E-state index contributed by atoms with van der Waals surface area (Å²) in [6.45, 7) is 6.98. The van der Waals surface area contributed by atoms with Gasteiger partial charge < -0.3 is 0 Å². The zero-order chi connectivity index (χ0) is 18.3. The van der Waals surface area contributed by atoms with Crippen LogP contribution >= 0.6 is 35.1 Å². The maximum absolute atomic E-state index is 6.16. The highest BCUT2D eigenvalue weighted by Crippen LogP contribution is 2.47. The molecule has 0 N–H and O–H groups in total. The first-order chi connectivity index (χ1) is 12.4. The summed E-state index contributed by atoms with van der Waals surface area (Å²) in [4.78, 5) is 0. The van der Waals surface area contributed by atoms with Gasteiger partial charge in [0.2, 0.25) is 0 Å². The van der Waals surface area contributed by atoms with E-state index in [4.69, 9.17) is 23.2 Å². The molecular weight excluding hydrogens is 381 g/mol. The van der Waals surface area contributed by atoms with Crippen LogP contribution < -0.4 is 0 Å². The van der Waals surface area contributed by atoms with Crippen molar-refractivity contribution in [2.45, 2.75) is 56.7 Å². The predicted octanol–water partition coefficient (Wildman–Crippen LogP) is 7.20. The molecule has 1 atom stereocenters. The Kier molecular flexibility index (Phi) is 5.31. The Morgan fingerprint density at radius 1 is 1.12 bits per heavy atom. The van der Waals surface area contributed by atoms with Crippen LogP contribution in [0.15, 0.2) is 36.4 Å². The normalized spacial score (nSPS) is 21.9. The third-order valence-corrected chi connectivity index (χ3v) is 7.80. The van der Waals surface area contributed by atoms with Gasteiger partial charge in [-0.05, 0) is 65.0 Å². The third kappa shape index (κ3) is 3.67. The predicted molar refractivity (Wildman–Crippen MR) is 114 cm³/mol. The van der Waals surface area contributed by atoms with Crippen LogP contribution in [0.2, 0.25) is 10.0 Å². The molecule has 0 fully saturated rings. The molecule has 2 aromatic carbocycles. The van der Waals surface area contributed by atoms with Crippen molar-refractivity contribution in [1.82, 2.24) is 4.31 Å². The summed E-state index contributed by atoms with van der Waals surface area (Å²) in [5.74, 6) is 1.66. The highest BCUT2D eigenvalue weighted by molar-refractivity contribution is 7.96. The monoisotopic (exact) mass is 405 g/mol. The summed E-state index contributed by atoms with van der Waals surface area (Å²) < 4.78 is 2.53. The molecule has 4 rings (SSSR count). The van der Waals surface area contributed by atoms with Crippen molar-refractivity contribution < 1.29 is 0 Å². The summed E-state index contributed by atoms with van der Waals surface area (Å²) in [6.07, 6.45) is 3.88. The molecule has 0 aromatic heterocycles. The Balaban J connectivity index is 1.53. The van der Waals surface area contributed by atoms with E-state index in [1.54, 1.807) is 11.1 Å². The van der Waals surface area contributed by atoms with Gasteiger partial charge in [-0.15, -0.1) is 0 Å². The Labute approximate surface area is 171 Å². The molecule has 2 aliphatic rings. The van der Waals surface area contributed by atoms with Gasteiger partial charge in [-0.1, -0.05) is 73.3 Å². The first-order valence-corrected chi connectivity index (χ1v) is 11.1. The van der Waals surface area contributed by atoms with E-state index in [-0.39, 0.29) is 0 Å². The summed E-state index contributed by atoms with van der Waals surface area (Å²) in [6, 6.07) is 12.9. The molecule has 0 spiro atoms. The number of hydrogen-bond donors (Lipinski definition) is 0. The molecule has 1 aliphatic heterocycles. The molecular formula is C22H25Cl2NS. The van der Waals surface area contributed by atoms with Crippen molar-refractivity contribution >= 4 is 35.1 Å². The zero-order valence-electron chi connectivity index (χ0n) is 15.4. The smallest absolute Gasteiger partial charge is 0.0595 e. The molecule has 0 bridgehead atoms. The van der Waals surface area contributed by atoms with Crippen LogP contribution in [0.1, 0.15) is 61.3 Å². The van der Waals surface area contributed by atoms with E-state index in [0.29, 0.717) is 15.5 Å². The Hall–Kier alpha value is -0.670. The zero-order valence-corrected chi connectivity index (χ0v) is 17.7. The highest BCUT2D eigenvalue weighted by Gasteiger charge is 2.35. The number of rotatable bonds is 3. The SMILES string of the molecule is CC1(C)CCC2CCN(SCc3ccc(Cl)c(Cl)c3)Cc3cccc1c32. The van der Waals surface area contributed by atoms with Gasteiger partial charge in [-0.2, -0.15) is 0 Å². The molecule has 0 radical (unpaired) electrons. The molecule has 1 aliphatic carbocycles. The number of hydrogen-bond acceptors (Lipinski definition) is 2. The van der Waals surface area contributed by atoms with Gasteiger partial charge >= 0.3 is 0 Å². The van der Waals surface area contributed by atoms with Crippen LogP contribution in [-0.4, -0.2) is 10.8 Å². The average Bonchev–Trinajstić information content (AvgIpc) is 2.79. The third-order valence-electron chi connectivity index (χ3n) is 5.92. The Morgan fingerprint density at radius 2 is 1.96 bits per heavy atom. The molecule has 2 aromatic rings. The van der Waals surface area contributed by atoms with Gasteiger partial charge in [0, 0.05) is 18.8 Å². The minimum absolute atomic E-state index is 0.310. The van der Waals surface area contributed by atoms with Crippen molar-refractivity contribution in [3.63, 3.8) is 0 Å². The first-order valence-electron chi connectivity index (χ1n) is 9.38. The van der Waals surface area contributed by atoms with Crippen LogP contribution in [0.25, 0.3) is 0 Å². The molecule has 4 heteroatoms. The fourth-order valence-corrected chi connectivity index (χ4v) is 5.70. The number of halogens is 2. The average molecular weight is 406 g/mol. The van der Waals surface area contributed by atoms with Crippen molar-refractivity contribution in [1.29, 1.82) is 0 Å². The Bertz CT molecular complexity index is 818. The van der Waals surface area contributed by atoms with Gasteiger partial charge in [-0.25, -0.2) is 4.31 Å². The van der Waals surface area contributed by atoms with E-state index >= 15 is 0 Å². The fourth-order valence-electron chi connectivity index (χ4n) is 4.40. The van der Waals surface area contributed by atoms with Crippen LogP contribution in [0.3, 0.4) is 0 Å². The number of benzene rings is 2. The van der Waals surface area contributed by atoms with Crippen LogP contribution in [-0.2, 0) is 17.7 Å². The van der Waals surface area contributed by atoms with Gasteiger partial charge in [0.1, 0.15) is 0 Å². The molecule has 26 heavy (non-hydrogen) atoms. The van der Waals surface area contributed by atoms with Crippen molar-refractivity contribution in [3.8, 4) is 0 Å². The maximum atomic E-state index is 6.16. The molecule has 138 valence electrons.